The summed E-state index contributed by atoms with van der Waals surface area (Å²) < 4.78 is 1.87. The molecule has 0 spiro atoms. The molecule has 1 aliphatic heterocycles. The molecular formula is C19H27N5O2. The fourth-order valence-corrected chi connectivity index (χ4v) is 3.50. The van der Waals surface area contributed by atoms with Crippen LogP contribution in [0.1, 0.15) is 45.2 Å². The van der Waals surface area contributed by atoms with Gasteiger partial charge in [0.1, 0.15) is 0 Å². The van der Waals surface area contributed by atoms with Crippen molar-refractivity contribution in [3.05, 3.63) is 24.0 Å². The van der Waals surface area contributed by atoms with Crippen LogP contribution in [-0.4, -0.2) is 51.1 Å². The van der Waals surface area contributed by atoms with E-state index in [0.29, 0.717) is 32.0 Å². The minimum atomic E-state index is 0.0672. The molecule has 0 bridgehead atoms. The molecule has 7 nitrogen and oxygen atoms in total. The van der Waals surface area contributed by atoms with Gasteiger partial charge in [0.05, 0.1) is 12.2 Å². The summed E-state index contributed by atoms with van der Waals surface area (Å²) in [5.41, 5.74) is 1.84. The van der Waals surface area contributed by atoms with E-state index in [1.54, 1.807) is 13.1 Å². The minimum Gasteiger partial charge on any atom is -0.354 e. The maximum atomic E-state index is 11.8. The first-order valence-corrected chi connectivity index (χ1v) is 9.29. The van der Waals surface area contributed by atoms with Gasteiger partial charge in [-0.25, -0.2) is 9.67 Å². The third kappa shape index (κ3) is 4.03. The molecule has 1 atom stereocenters. The number of rotatable bonds is 6. The first kappa shape index (κ1) is 18.4. The molecule has 26 heavy (non-hydrogen) atoms. The number of nitrogens with one attached hydrogen (secondary N) is 1. The van der Waals surface area contributed by atoms with E-state index >= 15 is 0 Å². The molecule has 0 aliphatic carbocycles. The summed E-state index contributed by atoms with van der Waals surface area (Å²) in [5, 5.41) is 8.77. The van der Waals surface area contributed by atoms with Gasteiger partial charge in [0, 0.05) is 50.5 Å². The average molecular weight is 357 g/mol. The van der Waals surface area contributed by atoms with Crippen LogP contribution in [0, 0.1) is 5.92 Å². The zero-order chi connectivity index (χ0) is 18.7. The van der Waals surface area contributed by atoms with Crippen molar-refractivity contribution >= 4 is 22.8 Å². The van der Waals surface area contributed by atoms with Crippen molar-refractivity contribution in [1.82, 2.24) is 25.0 Å². The molecule has 2 aromatic rings. The summed E-state index contributed by atoms with van der Waals surface area (Å²) >= 11 is 0. The molecule has 2 amide bonds. The Morgan fingerprint density at radius 3 is 2.88 bits per heavy atom. The lowest BCUT2D eigenvalue weighted by molar-refractivity contribution is -0.127. The highest BCUT2D eigenvalue weighted by Gasteiger charge is 2.29. The molecule has 140 valence electrons. The van der Waals surface area contributed by atoms with Crippen LogP contribution in [0.3, 0.4) is 0 Å². The third-order valence-corrected chi connectivity index (χ3v) is 4.80. The summed E-state index contributed by atoms with van der Waals surface area (Å²) in [6, 6.07) is 3.95. The van der Waals surface area contributed by atoms with Crippen molar-refractivity contribution in [2.75, 3.05) is 19.6 Å². The first-order valence-electron chi connectivity index (χ1n) is 9.29. The van der Waals surface area contributed by atoms with Crippen molar-refractivity contribution in [2.24, 2.45) is 5.92 Å². The number of nitrogens with zero attached hydrogens (tertiary/aromatic N) is 4. The Morgan fingerprint density at radius 2 is 2.19 bits per heavy atom. The molecule has 7 heteroatoms. The van der Waals surface area contributed by atoms with Gasteiger partial charge in [-0.1, -0.05) is 13.8 Å². The quantitative estimate of drug-likeness (QED) is 0.857. The molecule has 0 radical (unpaired) electrons. The van der Waals surface area contributed by atoms with E-state index in [4.69, 9.17) is 5.10 Å². The third-order valence-electron chi connectivity index (χ3n) is 4.80. The number of pyridine rings is 1. The summed E-state index contributed by atoms with van der Waals surface area (Å²) in [6.45, 7) is 8.27. The number of amides is 2. The number of hydrogen-bond donors (Lipinski definition) is 1. The van der Waals surface area contributed by atoms with Gasteiger partial charge in [0.25, 0.3) is 0 Å². The second-order valence-electron chi connectivity index (χ2n) is 7.38. The van der Waals surface area contributed by atoms with Crippen molar-refractivity contribution in [3.8, 4) is 0 Å². The van der Waals surface area contributed by atoms with Gasteiger partial charge in [0.2, 0.25) is 11.8 Å². The monoisotopic (exact) mass is 357 g/mol. The smallest absolute Gasteiger partial charge is 0.220 e. The van der Waals surface area contributed by atoms with E-state index < -0.39 is 0 Å². The SMILES string of the molecule is CC(=O)N1CCC(c2nn(CCNC(=O)CC(C)C)c3ncccc23)C1. The van der Waals surface area contributed by atoms with E-state index in [9.17, 15) is 9.59 Å². The molecule has 1 fully saturated rings. The summed E-state index contributed by atoms with van der Waals surface area (Å²) in [7, 11) is 0. The second kappa shape index (κ2) is 7.85. The van der Waals surface area contributed by atoms with Crippen LogP contribution in [0.5, 0.6) is 0 Å². The summed E-state index contributed by atoms with van der Waals surface area (Å²) in [6.07, 6.45) is 3.22. The van der Waals surface area contributed by atoms with Crippen LogP contribution in [0.2, 0.25) is 0 Å². The predicted octanol–water partition coefficient (Wildman–Crippen LogP) is 1.93. The van der Waals surface area contributed by atoms with Crippen LogP contribution >= 0.6 is 0 Å². The first-order chi connectivity index (χ1) is 12.5. The molecular weight excluding hydrogens is 330 g/mol. The highest BCUT2D eigenvalue weighted by molar-refractivity contribution is 5.79. The second-order valence-corrected chi connectivity index (χ2v) is 7.38. The van der Waals surface area contributed by atoms with Crippen LogP contribution in [0.25, 0.3) is 11.0 Å². The molecule has 3 heterocycles. The predicted molar refractivity (Wildman–Crippen MR) is 99.6 cm³/mol. The van der Waals surface area contributed by atoms with Crippen LogP contribution in [0.15, 0.2) is 18.3 Å². The number of aromatic nitrogens is 3. The molecule has 2 aromatic heterocycles. The fraction of sp³-hybridized carbons (Fsp3) is 0.579. The maximum Gasteiger partial charge on any atom is 0.220 e. The Kier molecular flexibility index (Phi) is 5.54. The van der Waals surface area contributed by atoms with E-state index in [1.165, 1.54) is 0 Å². The van der Waals surface area contributed by atoms with Gasteiger partial charge in [-0.15, -0.1) is 0 Å². The van der Waals surface area contributed by atoms with Crippen molar-refractivity contribution in [1.29, 1.82) is 0 Å². The molecule has 0 saturated carbocycles. The van der Waals surface area contributed by atoms with Crippen LogP contribution in [-0.2, 0) is 16.1 Å². The summed E-state index contributed by atoms with van der Waals surface area (Å²) in [4.78, 5) is 29.8. The van der Waals surface area contributed by atoms with E-state index in [2.05, 4.69) is 10.3 Å². The van der Waals surface area contributed by atoms with E-state index in [1.807, 2.05) is 35.6 Å². The Hall–Kier alpha value is -2.44. The summed E-state index contributed by atoms with van der Waals surface area (Å²) in [5.74, 6) is 0.766. The highest BCUT2D eigenvalue weighted by Crippen LogP contribution is 2.31. The van der Waals surface area contributed by atoms with Crippen molar-refractivity contribution in [3.63, 3.8) is 0 Å². The van der Waals surface area contributed by atoms with Gasteiger partial charge in [0.15, 0.2) is 5.65 Å². The number of carbonyl (C=O) groups excluding carboxylic acids is 2. The lowest BCUT2D eigenvalue weighted by Gasteiger charge is -2.12. The molecule has 1 aliphatic rings. The van der Waals surface area contributed by atoms with Gasteiger partial charge in [-0.05, 0) is 24.5 Å². The lowest BCUT2D eigenvalue weighted by atomic mass is 10.0. The number of fused-ring (bicyclic) bond motifs is 1. The molecule has 0 aromatic carbocycles. The van der Waals surface area contributed by atoms with Gasteiger partial charge < -0.3 is 10.2 Å². The average Bonchev–Trinajstić information content (AvgIpc) is 3.19. The van der Waals surface area contributed by atoms with Crippen LogP contribution in [0.4, 0.5) is 0 Å². The zero-order valence-electron chi connectivity index (χ0n) is 15.7. The number of hydrogen-bond acceptors (Lipinski definition) is 4. The normalized spacial score (nSPS) is 17.2. The van der Waals surface area contributed by atoms with Crippen LogP contribution < -0.4 is 5.32 Å². The topological polar surface area (TPSA) is 80.1 Å². The molecule has 1 unspecified atom stereocenters. The largest absolute Gasteiger partial charge is 0.354 e. The van der Waals surface area contributed by atoms with Crippen molar-refractivity contribution in [2.45, 2.75) is 46.1 Å². The lowest BCUT2D eigenvalue weighted by Crippen LogP contribution is -2.28. The molecule has 1 saturated heterocycles. The Labute approximate surface area is 153 Å². The zero-order valence-corrected chi connectivity index (χ0v) is 15.7. The minimum absolute atomic E-state index is 0.0672. The van der Waals surface area contributed by atoms with Crippen molar-refractivity contribution < 1.29 is 9.59 Å². The molecule has 3 rings (SSSR count). The van der Waals surface area contributed by atoms with Gasteiger partial charge >= 0.3 is 0 Å². The van der Waals surface area contributed by atoms with Gasteiger partial charge in [-0.2, -0.15) is 5.10 Å². The Balaban J connectivity index is 1.73. The fourth-order valence-electron chi connectivity index (χ4n) is 3.50. The Bertz CT molecular complexity index is 798. The number of likely N-dealkylation sites (tertiary alicyclic amines) is 1. The maximum absolute atomic E-state index is 11.8. The standard InChI is InChI=1S/C19H27N5O2/c1-13(2)11-17(26)20-8-10-24-19-16(5-4-7-21-19)18(22-24)15-6-9-23(12-15)14(3)25/h4-5,7,13,15H,6,8-12H2,1-3H3,(H,20,26). The Morgan fingerprint density at radius 1 is 1.38 bits per heavy atom. The van der Waals surface area contributed by atoms with E-state index in [0.717, 1.165) is 29.7 Å². The molecule has 1 N–H and O–H groups in total. The van der Waals surface area contributed by atoms with E-state index in [-0.39, 0.29) is 17.7 Å². The highest BCUT2D eigenvalue weighted by atomic mass is 16.2. The number of carbonyl (C=O) groups is 2. The van der Waals surface area contributed by atoms with Gasteiger partial charge in [-0.3, -0.25) is 9.59 Å².